The van der Waals surface area contributed by atoms with E-state index in [4.69, 9.17) is 0 Å². The molecule has 0 nitrogen and oxygen atoms in total. The van der Waals surface area contributed by atoms with Crippen LogP contribution in [0, 0.1) is 0 Å². The summed E-state index contributed by atoms with van der Waals surface area (Å²) < 4.78 is 1.16. The second-order valence-corrected chi connectivity index (χ2v) is 5.93. The first-order valence-electron chi connectivity index (χ1n) is 5.75. The molecule has 2 heteroatoms. The van der Waals surface area contributed by atoms with Crippen molar-refractivity contribution >= 4 is 27.3 Å². The number of halogens is 1. The van der Waals surface area contributed by atoms with Gasteiger partial charge in [-0.3, -0.25) is 0 Å². The molecule has 0 aliphatic carbocycles. The van der Waals surface area contributed by atoms with Crippen molar-refractivity contribution < 1.29 is 0 Å². The van der Waals surface area contributed by atoms with Crippen LogP contribution in [0.1, 0.15) is 0 Å². The highest BCUT2D eigenvalue weighted by atomic mass is 79.9. The topological polar surface area (TPSA) is 0 Å². The van der Waals surface area contributed by atoms with E-state index in [0.29, 0.717) is 0 Å². The van der Waals surface area contributed by atoms with Crippen molar-refractivity contribution in [2.24, 2.45) is 0 Å². The predicted octanol–water partition coefficient (Wildman–Crippen LogP) is 5.84. The van der Waals surface area contributed by atoms with Gasteiger partial charge in [-0.2, -0.15) is 0 Å². The molecule has 0 atom stereocenters. The Morgan fingerprint density at radius 1 is 0.722 bits per heavy atom. The smallest absolute Gasteiger partial charge is 0.0491 e. The van der Waals surface area contributed by atoms with E-state index in [1.54, 1.807) is 0 Å². The lowest BCUT2D eigenvalue weighted by Crippen LogP contribution is -1.70. The average molecular weight is 315 g/mol. The molecule has 0 unspecified atom stereocenters. The molecule has 0 aliphatic rings. The van der Waals surface area contributed by atoms with Crippen molar-refractivity contribution in [3.63, 3.8) is 0 Å². The molecule has 0 aliphatic heterocycles. The van der Waals surface area contributed by atoms with Crippen LogP contribution in [-0.2, 0) is 0 Å². The normalized spacial score (nSPS) is 10.5. The molecule has 0 saturated heterocycles. The fourth-order valence-electron chi connectivity index (χ4n) is 1.90. The van der Waals surface area contributed by atoms with E-state index < -0.39 is 0 Å². The van der Waals surface area contributed by atoms with Crippen LogP contribution in [-0.4, -0.2) is 0 Å². The van der Waals surface area contributed by atoms with Gasteiger partial charge in [0.25, 0.3) is 0 Å². The molecular formula is C16H11BrS. The van der Waals surface area contributed by atoms with E-state index in [1.807, 2.05) is 23.5 Å². The fraction of sp³-hybridized carbons (Fsp3) is 0. The number of rotatable bonds is 2. The number of benzene rings is 2. The number of hydrogen-bond acceptors (Lipinski definition) is 1. The summed E-state index contributed by atoms with van der Waals surface area (Å²) in [5.74, 6) is 0. The Kier molecular flexibility index (Phi) is 3.31. The van der Waals surface area contributed by atoms with Gasteiger partial charge in [-0.15, -0.1) is 11.3 Å². The van der Waals surface area contributed by atoms with Crippen LogP contribution in [0.15, 0.2) is 71.2 Å². The first-order valence-corrected chi connectivity index (χ1v) is 7.36. The summed E-state index contributed by atoms with van der Waals surface area (Å²) in [5.41, 5.74) is 2.53. The lowest BCUT2D eigenvalue weighted by atomic mass is 10.2. The second kappa shape index (κ2) is 5.09. The quantitative estimate of drug-likeness (QED) is 0.557. The summed E-state index contributed by atoms with van der Waals surface area (Å²) in [6.07, 6.45) is 0. The maximum absolute atomic E-state index is 3.66. The Morgan fingerprint density at radius 3 is 1.89 bits per heavy atom. The maximum atomic E-state index is 3.66. The summed E-state index contributed by atoms with van der Waals surface area (Å²) in [4.78, 5) is 2.58. The summed E-state index contributed by atoms with van der Waals surface area (Å²) in [5, 5.41) is 0. The summed E-state index contributed by atoms with van der Waals surface area (Å²) in [6.45, 7) is 0. The SMILES string of the molecule is Brc1cc(-c2ccccc2)sc1-c1ccccc1. The zero-order chi connectivity index (χ0) is 12.4. The van der Waals surface area contributed by atoms with Crippen molar-refractivity contribution in [3.05, 3.63) is 71.2 Å². The molecule has 1 aromatic heterocycles. The Bertz CT molecular complexity index is 641. The Labute approximate surface area is 119 Å². The zero-order valence-corrected chi connectivity index (χ0v) is 12.0. The van der Waals surface area contributed by atoms with Crippen LogP contribution in [0.25, 0.3) is 20.9 Å². The zero-order valence-electron chi connectivity index (χ0n) is 9.64. The maximum Gasteiger partial charge on any atom is 0.0491 e. The van der Waals surface area contributed by atoms with E-state index >= 15 is 0 Å². The second-order valence-electron chi connectivity index (χ2n) is 4.02. The Hall–Kier alpha value is -1.38. The van der Waals surface area contributed by atoms with Crippen LogP contribution in [0.4, 0.5) is 0 Å². The van der Waals surface area contributed by atoms with Crippen LogP contribution in [0.2, 0.25) is 0 Å². The third-order valence-electron chi connectivity index (χ3n) is 2.78. The largest absolute Gasteiger partial charge is 0.134 e. The van der Waals surface area contributed by atoms with Crippen molar-refractivity contribution in [3.8, 4) is 20.9 Å². The third-order valence-corrected chi connectivity index (χ3v) is 4.90. The van der Waals surface area contributed by atoms with Gasteiger partial charge < -0.3 is 0 Å². The average Bonchev–Trinajstić information content (AvgIpc) is 2.83. The van der Waals surface area contributed by atoms with Crippen LogP contribution >= 0.6 is 27.3 Å². The van der Waals surface area contributed by atoms with E-state index in [9.17, 15) is 0 Å². The highest BCUT2D eigenvalue weighted by Gasteiger charge is 2.09. The van der Waals surface area contributed by atoms with Gasteiger partial charge in [-0.1, -0.05) is 60.7 Å². The Morgan fingerprint density at radius 2 is 1.28 bits per heavy atom. The molecule has 1 heterocycles. The highest BCUT2D eigenvalue weighted by molar-refractivity contribution is 9.10. The third kappa shape index (κ3) is 2.26. The molecule has 0 N–H and O–H groups in total. The standard InChI is InChI=1S/C16H11BrS/c17-14-11-15(12-7-3-1-4-8-12)18-16(14)13-9-5-2-6-10-13/h1-11H. The minimum absolute atomic E-state index is 1.16. The molecule has 0 saturated carbocycles. The van der Waals surface area contributed by atoms with Crippen molar-refractivity contribution in [1.29, 1.82) is 0 Å². The van der Waals surface area contributed by atoms with E-state index in [2.05, 4.69) is 70.5 Å². The summed E-state index contributed by atoms with van der Waals surface area (Å²) >= 11 is 5.48. The molecule has 18 heavy (non-hydrogen) atoms. The number of thiophene rings is 1. The molecule has 3 aromatic rings. The first-order chi connectivity index (χ1) is 8.84. The minimum Gasteiger partial charge on any atom is -0.134 e. The predicted molar refractivity (Wildman–Crippen MR) is 82.9 cm³/mol. The van der Waals surface area contributed by atoms with E-state index in [0.717, 1.165) is 4.47 Å². The monoisotopic (exact) mass is 314 g/mol. The van der Waals surface area contributed by atoms with Gasteiger partial charge in [0, 0.05) is 14.2 Å². The van der Waals surface area contributed by atoms with Crippen LogP contribution in [0.5, 0.6) is 0 Å². The van der Waals surface area contributed by atoms with Gasteiger partial charge in [0.2, 0.25) is 0 Å². The van der Waals surface area contributed by atoms with Crippen LogP contribution < -0.4 is 0 Å². The van der Waals surface area contributed by atoms with Crippen molar-refractivity contribution in [2.75, 3.05) is 0 Å². The van der Waals surface area contributed by atoms with Gasteiger partial charge in [0.1, 0.15) is 0 Å². The molecule has 3 rings (SSSR count). The van der Waals surface area contributed by atoms with Gasteiger partial charge in [-0.05, 0) is 33.1 Å². The fourth-order valence-corrected chi connectivity index (χ4v) is 3.81. The van der Waals surface area contributed by atoms with E-state index in [1.165, 1.54) is 20.9 Å². The Balaban J connectivity index is 2.07. The molecular weight excluding hydrogens is 304 g/mol. The molecule has 2 aromatic carbocycles. The molecule has 88 valence electrons. The molecule has 0 amide bonds. The van der Waals surface area contributed by atoms with Crippen LogP contribution in [0.3, 0.4) is 0 Å². The van der Waals surface area contributed by atoms with Crippen molar-refractivity contribution in [1.82, 2.24) is 0 Å². The molecule has 0 radical (unpaired) electrons. The summed E-state index contributed by atoms with van der Waals surface area (Å²) in [6, 6.07) is 23.2. The minimum atomic E-state index is 1.16. The first kappa shape index (κ1) is 11.7. The summed E-state index contributed by atoms with van der Waals surface area (Å²) in [7, 11) is 0. The molecule has 0 fully saturated rings. The highest BCUT2D eigenvalue weighted by Crippen LogP contribution is 2.40. The lowest BCUT2D eigenvalue weighted by Gasteiger charge is -1.97. The van der Waals surface area contributed by atoms with Gasteiger partial charge in [-0.25, -0.2) is 0 Å². The van der Waals surface area contributed by atoms with Gasteiger partial charge in [0.15, 0.2) is 0 Å². The number of hydrogen-bond donors (Lipinski definition) is 0. The van der Waals surface area contributed by atoms with Crippen molar-refractivity contribution in [2.45, 2.75) is 0 Å². The molecule has 0 spiro atoms. The lowest BCUT2D eigenvalue weighted by molar-refractivity contribution is 1.67. The molecule has 0 bridgehead atoms. The van der Waals surface area contributed by atoms with Gasteiger partial charge >= 0.3 is 0 Å². The van der Waals surface area contributed by atoms with Gasteiger partial charge in [0.05, 0.1) is 0 Å². The van der Waals surface area contributed by atoms with E-state index in [-0.39, 0.29) is 0 Å².